The second-order valence-electron chi connectivity index (χ2n) is 8.88. The molecule has 0 bridgehead atoms. The average Bonchev–Trinajstić information content (AvgIpc) is 3.37. The van der Waals surface area contributed by atoms with Gasteiger partial charge in [0.25, 0.3) is 0 Å². The molecule has 32 heavy (non-hydrogen) atoms. The summed E-state index contributed by atoms with van der Waals surface area (Å²) in [6.45, 7) is 5.55. The molecular weight excluding hydrogens is 402 g/mol. The lowest BCUT2D eigenvalue weighted by Crippen LogP contribution is -2.40. The molecule has 5 nitrogen and oxygen atoms in total. The molecule has 166 valence electrons. The summed E-state index contributed by atoms with van der Waals surface area (Å²) in [5, 5.41) is 0. The molecule has 2 aromatic rings. The minimum Gasteiger partial charge on any atom is -0.487 e. The van der Waals surface area contributed by atoms with E-state index in [0.29, 0.717) is 19.6 Å². The van der Waals surface area contributed by atoms with Gasteiger partial charge in [-0.3, -0.25) is 9.59 Å². The van der Waals surface area contributed by atoms with Crippen LogP contribution in [0.3, 0.4) is 0 Å². The van der Waals surface area contributed by atoms with Crippen LogP contribution in [-0.2, 0) is 38.5 Å². The fourth-order valence-corrected chi connectivity index (χ4v) is 5.16. The van der Waals surface area contributed by atoms with Crippen molar-refractivity contribution >= 4 is 23.1 Å². The van der Waals surface area contributed by atoms with E-state index in [1.807, 2.05) is 31.2 Å². The largest absolute Gasteiger partial charge is 0.487 e. The Hall–Kier alpha value is -2.92. The predicted molar refractivity (Wildman–Crippen MR) is 123 cm³/mol. The van der Waals surface area contributed by atoms with Crippen LogP contribution in [0.4, 0.5) is 0 Å². The van der Waals surface area contributed by atoms with Gasteiger partial charge in [0.1, 0.15) is 12.4 Å². The SMILES string of the molecule is CCOC(=O)C1CCCN(CCc2ccc3c(c2)CO/C3=C2/C(=O)Cc3ccccc32)C1. The third kappa shape index (κ3) is 3.97. The fourth-order valence-electron chi connectivity index (χ4n) is 5.16. The van der Waals surface area contributed by atoms with E-state index in [-0.39, 0.29) is 17.7 Å². The number of carbonyl (C=O) groups excluding carboxylic acids is 2. The lowest BCUT2D eigenvalue weighted by atomic mass is 9.96. The third-order valence-corrected chi connectivity index (χ3v) is 6.77. The Bertz CT molecular complexity index is 1090. The van der Waals surface area contributed by atoms with Gasteiger partial charge in [0.2, 0.25) is 0 Å². The molecule has 3 aliphatic rings. The smallest absolute Gasteiger partial charge is 0.310 e. The number of likely N-dealkylation sites (tertiary alicyclic amines) is 1. The van der Waals surface area contributed by atoms with Crippen molar-refractivity contribution < 1.29 is 19.1 Å². The van der Waals surface area contributed by atoms with E-state index < -0.39 is 0 Å². The van der Waals surface area contributed by atoms with Crippen LogP contribution in [0.1, 0.15) is 47.6 Å². The standard InChI is InChI=1S/C27H29NO4/c1-2-31-27(30)20-7-5-12-28(16-20)13-11-18-9-10-23-21(14-18)17-32-26(23)25-22-8-4-3-6-19(22)15-24(25)29/h3-4,6,8-10,14,20H,2,5,7,11-13,15-17H2,1H3/b26-25+. The number of carbonyl (C=O) groups is 2. The fraction of sp³-hybridized carbons (Fsp3) is 0.407. The number of allylic oxidation sites excluding steroid dienone is 1. The van der Waals surface area contributed by atoms with Crippen molar-refractivity contribution in [1.29, 1.82) is 0 Å². The lowest BCUT2D eigenvalue weighted by molar-refractivity contribution is -0.149. The number of esters is 1. The first-order chi connectivity index (χ1) is 15.6. The number of hydrogen-bond donors (Lipinski definition) is 0. The highest BCUT2D eigenvalue weighted by atomic mass is 16.5. The summed E-state index contributed by atoms with van der Waals surface area (Å²) in [5.74, 6) is 0.808. The second kappa shape index (κ2) is 8.91. The molecule has 0 amide bonds. The molecule has 2 heterocycles. The first kappa shape index (κ1) is 21.0. The van der Waals surface area contributed by atoms with Crippen LogP contribution in [0.15, 0.2) is 42.5 Å². The zero-order valence-corrected chi connectivity index (χ0v) is 18.6. The second-order valence-corrected chi connectivity index (χ2v) is 8.88. The highest BCUT2D eigenvalue weighted by Gasteiger charge is 2.32. The monoisotopic (exact) mass is 431 g/mol. The maximum absolute atomic E-state index is 12.7. The molecule has 1 fully saturated rings. The van der Waals surface area contributed by atoms with Crippen LogP contribution in [0, 0.1) is 5.92 Å². The van der Waals surface area contributed by atoms with Crippen LogP contribution in [0.25, 0.3) is 11.3 Å². The van der Waals surface area contributed by atoms with Crippen LogP contribution in [-0.4, -0.2) is 42.9 Å². The summed E-state index contributed by atoms with van der Waals surface area (Å²) >= 11 is 0. The number of rotatable bonds is 5. The lowest BCUT2D eigenvalue weighted by Gasteiger charge is -2.31. The number of nitrogens with zero attached hydrogens (tertiary/aromatic N) is 1. The summed E-state index contributed by atoms with van der Waals surface area (Å²) < 4.78 is 11.3. The van der Waals surface area contributed by atoms with Gasteiger partial charge in [0, 0.05) is 30.6 Å². The molecule has 0 N–H and O–H groups in total. The van der Waals surface area contributed by atoms with Crippen molar-refractivity contribution in [3.63, 3.8) is 0 Å². The number of piperidine rings is 1. The number of ketones is 1. The van der Waals surface area contributed by atoms with Gasteiger partial charge >= 0.3 is 5.97 Å². The zero-order chi connectivity index (χ0) is 22.1. The van der Waals surface area contributed by atoms with Gasteiger partial charge in [-0.25, -0.2) is 0 Å². The van der Waals surface area contributed by atoms with Gasteiger partial charge in [0.15, 0.2) is 5.78 Å². The molecule has 1 saturated heterocycles. The molecular formula is C27H29NO4. The molecule has 1 atom stereocenters. The molecule has 1 aliphatic carbocycles. The summed E-state index contributed by atoms with van der Waals surface area (Å²) in [7, 11) is 0. The molecule has 2 aromatic carbocycles. The molecule has 0 saturated carbocycles. The number of benzene rings is 2. The van der Waals surface area contributed by atoms with Crippen molar-refractivity contribution in [1.82, 2.24) is 4.90 Å². The Morgan fingerprint density at radius 1 is 1.16 bits per heavy atom. The molecule has 2 aliphatic heterocycles. The number of ether oxygens (including phenoxy) is 2. The predicted octanol–water partition coefficient (Wildman–Crippen LogP) is 4.03. The molecule has 5 heteroatoms. The van der Waals surface area contributed by atoms with E-state index in [4.69, 9.17) is 9.47 Å². The zero-order valence-electron chi connectivity index (χ0n) is 18.6. The minimum absolute atomic E-state index is 0.00173. The van der Waals surface area contributed by atoms with Gasteiger partial charge in [-0.2, -0.15) is 0 Å². The maximum Gasteiger partial charge on any atom is 0.310 e. The summed E-state index contributed by atoms with van der Waals surface area (Å²) in [4.78, 5) is 27.2. The highest BCUT2D eigenvalue weighted by molar-refractivity contribution is 6.31. The van der Waals surface area contributed by atoms with Gasteiger partial charge in [-0.1, -0.05) is 42.5 Å². The van der Waals surface area contributed by atoms with Crippen LogP contribution >= 0.6 is 0 Å². The van der Waals surface area contributed by atoms with Gasteiger partial charge in [-0.15, -0.1) is 0 Å². The van der Waals surface area contributed by atoms with Crippen molar-refractivity contribution in [2.75, 3.05) is 26.2 Å². The van der Waals surface area contributed by atoms with E-state index in [2.05, 4.69) is 23.1 Å². The van der Waals surface area contributed by atoms with Crippen molar-refractivity contribution in [3.8, 4) is 0 Å². The molecule has 0 spiro atoms. The van der Waals surface area contributed by atoms with Crippen molar-refractivity contribution in [2.24, 2.45) is 5.92 Å². The van der Waals surface area contributed by atoms with Crippen LogP contribution < -0.4 is 0 Å². The minimum atomic E-state index is -0.0597. The Labute approximate surface area is 189 Å². The summed E-state index contributed by atoms with van der Waals surface area (Å²) in [6, 6.07) is 14.4. The van der Waals surface area contributed by atoms with Crippen LogP contribution in [0.5, 0.6) is 0 Å². The third-order valence-electron chi connectivity index (χ3n) is 6.77. The van der Waals surface area contributed by atoms with Gasteiger partial charge in [-0.05, 0) is 49.4 Å². The van der Waals surface area contributed by atoms with E-state index >= 15 is 0 Å². The first-order valence-electron chi connectivity index (χ1n) is 11.6. The number of hydrogen-bond acceptors (Lipinski definition) is 5. The maximum atomic E-state index is 12.7. The summed E-state index contributed by atoms with van der Waals surface area (Å²) in [5.41, 5.74) is 6.25. The Morgan fingerprint density at radius 3 is 2.91 bits per heavy atom. The van der Waals surface area contributed by atoms with Crippen molar-refractivity contribution in [2.45, 2.75) is 39.2 Å². The van der Waals surface area contributed by atoms with E-state index in [9.17, 15) is 9.59 Å². The highest BCUT2D eigenvalue weighted by Crippen LogP contribution is 2.40. The Morgan fingerprint density at radius 2 is 2.03 bits per heavy atom. The van der Waals surface area contributed by atoms with E-state index in [1.54, 1.807) is 0 Å². The normalized spacial score (nSPS) is 22.4. The topological polar surface area (TPSA) is 55.8 Å². The molecule has 5 rings (SSSR count). The Kier molecular flexibility index (Phi) is 5.83. The number of Topliss-reactive ketones (excluding diaryl/α,β-unsaturated/α-hetero) is 1. The van der Waals surface area contributed by atoms with E-state index in [1.165, 1.54) is 5.56 Å². The van der Waals surface area contributed by atoms with E-state index in [0.717, 1.165) is 72.5 Å². The molecule has 0 radical (unpaired) electrons. The summed E-state index contributed by atoms with van der Waals surface area (Å²) in [6.07, 6.45) is 3.34. The first-order valence-corrected chi connectivity index (χ1v) is 11.6. The number of fused-ring (bicyclic) bond motifs is 2. The van der Waals surface area contributed by atoms with Gasteiger partial charge in [0.05, 0.1) is 18.1 Å². The van der Waals surface area contributed by atoms with Crippen molar-refractivity contribution in [3.05, 3.63) is 70.3 Å². The Balaban J connectivity index is 1.29. The van der Waals surface area contributed by atoms with Crippen LogP contribution in [0.2, 0.25) is 0 Å². The quantitative estimate of drug-likeness (QED) is 0.529. The molecule has 1 unspecified atom stereocenters. The molecule has 0 aromatic heterocycles. The average molecular weight is 432 g/mol. The van der Waals surface area contributed by atoms with Gasteiger partial charge < -0.3 is 14.4 Å².